The van der Waals surface area contributed by atoms with Crippen LogP contribution in [0.15, 0.2) is 41.0 Å². The van der Waals surface area contributed by atoms with Gasteiger partial charge in [-0.05, 0) is 30.3 Å². The third-order valence-electron chi connectivity index (χ3n) is 2.29. The molecule has 20 heavy (non-hydrogen) atoms. The van der Waals surface area contributed by atoms with Crippen LogP contribution in [0.4, 0.5) is 10.1 Å². The van der Waals surface area contributed by atoms with E-state index in [0.29, 0.717) is 10.2 Å². The number of ether oxygens (including phenoxy) is 1. The number of benzene rings is 1. The van der Waals surface area contributed by atoms with E-state index >= 15 is 0 Å². The Bertz CT molecular complexity index is 640. The van der Waals surface area contributed by atoms with Crippen molar-refractivity contribution in [2.75, 3.05) is 11.9 Å². The summed E-state index contributed by atoms with van der Waals surface area (Å²) in [4.78, 5) is 15.5. The molecule has 1 amide bonds. The Balaban J connectivity index is 1.94. The minimum absolute atomic E-state index is 0.000587. The fourth-order valence-electron chi connectivity index (χ4n) is 1.40. The highest BCUT2D eigenvalue weighted by Gasteiger charge is 2.09. The van der Waals surface area contributed by atoms with Gasteiger partial charge in [-0.15, -0.1) is 0 Å². The fraction of sp³-hybridized carbons (Fsp3) is 0.0769. The number of rotatable bonds is 4. The topological polar surface area (TPSA) is 51.2 Å². The zero-order valence-electron chi connectivity index (χ0n) is 10.1. The van der Waals surface area contributed by atoms with Gasteiger partial charge < -0.3 is 10.1 Å². The standard InChI is InChI=1S/C13H9BrClFN2O2/c14-8-3-4-11(9(16)6-8)20-7-12(19)18-10-2-1-5-17-13(10)15/h1-6H,7H2,(H,18,19). The zero-order chi connectivity index (χ0) is 14.5. The van der Waals surface area contributed by atoms with Crippen LogP contribution in [0.3, 0.4) is 0 Å². The molecule has 0 bridgehead atoms. The molecule has 104 valence electrons. The number of amides is 1. The molecule has 2 aromatic rings. The van der Waals surface area contributed by atoms with Gasteiger partial charge in [0, 0.05) is 10.7 Å². The van der Waals surface area contributed by atoms with Gasteiger partial charge >= 0.3 is 0 Å². The minimum atomic E-state index is -0.549. The number of hydrogen-bond donors (Lipinski definition) is 1. The van der Waals surface area contributed by atoms with E-state index in [4.69, 9.17) is 16.3 Å². The summed E-state index contributed by atoms with van der Waals surface area (Å²) in [7, 11) is 0. The molecule has 0 aliphatic heterocycles. The first-order valence-electron chi connectivity index (χ1n) is 5.54. The average molecular weight is 360 g/mol. The Morgan fingerprint density at radius 1 is 1.45 bits per heavy atom. The molecule has 1 N–H and O–H groups in total. The highest BCUT2D eigenvalue weighted by molar-refractivity contribution is 9.10. The molecule has 0 saturated heterocycles. The summed E-state index contributed by atoms with van der Waals surface area (Å²) in [6.45, 7) is -0.330. The molecule has 2 rings (SSSR count). The summed E-state index contributed by atoms with van der Waals surface area (Å²) < 4.78 is 19.2. The maximum Gasteiger partial charge on any atom is 0.262 e. The van der Waals surface area contributed by atoms with Crippen molar-refractivity contribution in [2.24, 2.45) is 0 Å². The molecule has 0 saturated carbocycles. The molecule has 7 heteroatoms. The third kappa shape index (κ3) is 3.91. The van der Waals surface area contributed by atoms with Crippen molar-refractivity contribution in [3.8, 4) is 5.75 Å². The second-order valence-electron chi connectivity index (χ2n) is 3.75. The number of anilines is 1. The number of carbonyl (C=O) groups excluding carboxylic acids is 1. The Morgan fingerprint density at radius 3 is 2.95 bits per heavy atom. The van der Waals surface area contributed by atoms with Crippen LogP contribution in [-0.4, -0.2) is 17.5 Å². The maximum atomic E-state index is 13.5. The summed E-state index contributed by atoms with van der Waals surface area (Å²) in [6, 6.07) is 7.55. The number of carbonyl (C=O) groups is 1. The van der Waals surface area contributed by atoms with Crippen molar-refractivity contribution >= 4 is 39.1 Å². The van der Waals surface area contributed by atoms with E-state index in [1.165, 1.54) is 18.3 Å². The molecule has 4 nitrogen and oxygen atoms in total. The monoisotopic (exact) mass is 358 g/mol. The van der Waals surface area contributed by atoms with E-state index in [1.54, 1.807) is 18.2 Å². The lowest BCUT2D eigenvalue weighted by Crippen LogP contribution is -2.20. The van der Waals surface area contributed by atoms with E-state index in [2.05, 4.69) is 26.2 Å². The Kier molecular flexibility index (Phi) is 4.92. The number of aromatic nitrogens is 1. The first-order chi connectivity index (χ1) is 9.56. The smallest absolute Gasteiger partial charge is 0.262 e. The second kappa shape index (κ2) is 6.67. The number of nitrogens with one attached hydrogen (secondary N) is 1. The van der Waals surface area contributed by atoms with E-state index in [1.807, 2.05) is 0 Å². The van der Waals surface area contributed by atoms with E-state index in [-0.39, 0.29) is 17.5 Å². The molecule has 1 aromatic carbocycles. The second-order valence-corrected chi connectivity index (χ2v) is 5.03. The zero-order valence-corrected chi connectivity index (χ0v) is 12.4. The van der Waals surface area contributed by atoms with E-state index < -0.39 is 11.7 Å². The highest BCUT2D eigenvalue weighted by atomic mass is 79.9. The predicted octanol–water partition coefficient (Wildman–Crippen LogP) is 3.65. The number of nitrogens with zero attached hydrogens (tertiary/aromatic N) is 1. The lowest BCUT2D eigenvalue weighted by molar-refractivity contribution is -0.118. The number of pyridine rings is 1. The molecule has 1 aromatic heterocycles. The van der Waals surface area contributed by atoms with Gasteiger partial charge in [0.15, 0.2) is 23.3 Å². The van der Waals surface area contributed by atoms with Crippen LogP contribution in [0.25, 0.3) is 0 Å². The van der Waals surface area contributed by atoms with Crippen molar-refractivity contribution in [1.82, 2.24) is 4.98 Å². The van der Waals surface area contributed by atoms with Gasteiger partial charge in [0.25, 0.3) is 5.91 Å². The van der Waals surface area contributed by atoms with Gasteiger partial charge in [-0.3, -0.25) is 4.79 Å². The quantitative estimate of drug-likeness (QED) is 0.848. The van der Waals surface area contributed by atoms with Gasteiger partial charge in [0.05, 0.1) is 5.69 Å². The van der Waals surface area contributed by atoms with E-state index in [9.17, 15) is 9.18 Å². The molecule has 0 unspecified atom stereocenters. The van der Waals surface area contributed by atoms with Crippen LogP contribution in [-0.2, 0) is 4.79 Å². The van der Waals surface area contributed by atoms with E-state index in [0.717, 1.165) is 0 Å². The molecule has 0 spiro atoms. The predicted molar refractivity (Wildman–Crippen MR) is 77.5 cm³/mol. The first-order valence-corrected chi connectivity index (χ1v) is 6.71. The fourth-order valence-corrected chi connectivity index (χ4v) is 1.90. The van der Waals surface area contributed by atoms with Crippen molar-refractivity contribution in [2.45, 2.75) is 0 Å². The van der Waals surface area contributed by atoms with Gasteiger partial charge in [-0.1, -0.05) is 27.5 Å². The Morgan fingerprint density at radius 2 is 2.25 bits per heavy atom. The molecular formula is C13H9BrClFN2O2. The van der Waals surface area contributed by atoms with Gasteiger partial charge in [-0.2, -0.15) is 0 Å². The third-order valence-corrected chi connectivity index (χ3v) is 3.08. The molecular weight excluding hydrogens is 351 g/mol. The van der Waals surface area contributed by atoms with Crippen LogP contribution in [0.5, 0.6) is 5.75 Å². The van der Waals surface area contributed by atoms with Gasteiger partial charge in [0.2, 0.25) is 0 Å². The van der Waals surface area contributed by atoms with Crippen LogP contribution in [0.1, 0.15) is 0 Å². The molecule has 0 aliphatic carbocycles. The van der Waals surface area contributed by atoms with Crippen LogP contribution >= 0.6 is 27.5 Å². The summed E-state index contributed by atoms with van der Waals surface area (Å²) in [5.41, 5.74) is 0.374. The molecule has 0 atom stereocenters. The summed E-state index contributed by atoms with van der Waals surface area (Å²) in [5.74, 6) is -1.01. The molecule has 0 radical (unpaired) electrons. The summed E-state index contributed by atoms with van der Waals surface area (Å²) >= 11 is 8.93. The largest absolute Gasteiger partial charge is 0.481 e. The van der Waals surface area contributed by atoms with Crippen molar-refractivity contribution in [1.29, 1.82) is 0 Å². The van der Waals surface area contributed by atoms with Crippen molar-refractivity contribution in [3.63, 3.8) is 0 Å². The van der Waals surface area contributed by atoms with Gasteiger partial charge in [-0.25, -0.2) is 9.37 Å². The Labute approximate surface area is 128 Å². The maximum absolute atomic E-state index is 13.5. The minimum Gasteiger partial charge on any atom is -0.481 e. The van der Waals surface area contributed by atoms with Gasteiger partial charge in [0.1, 0.15) is 0 Å². The number of hydrogen-bond acceptors (Lipinski definition) is 3. The van der Waals surface area contributed by atoms with Crippen LogP contribution < -0.4 is 10.1 Å². The normalized spacial score (nSPS) is 10.2. The lowest BCUT2D eigenvalue weighted by atomic mass is 10.3. The van der Waals surface area contributed by atoms with Crippen LogP contribution in [0, 0.1) is 5.82 Å². The molecule has 0 fully saturated rings. The SMILES string of the molecule is O=C(COc1ccc(Br)cc1F)Nc1cccnc1Cl. The first kappa shape index (κ1) is 14.7. The lowest BCUT2D eigenvalue weighted by Gasteiger charge is -2.09. The summed E-state index contributed by atoms with van der Waals surface area (Å²) in [6.07, 6.45) is 1.51. The van der Waals surface area contributed by atoms with Crippen molar-refractivity contribution in [3.05, 3.63) is 52.0 Å². The number of halogens is 3. The summed E-state index contributed by atoms with van der Waals surface area (Å²) in [5, 5.41) is 2.70. The molecule has 1 heterocycles. The molecule has 0 aliphatic rings. The van der Waals surface area contributed by atoms with Crippen molar-refractivity contribution < 1.29 is 13.9 Å². The highest BCUT2D eigenvalue weighted by Crippen LogP contribution is 2.21. The van der Waals surface area contributed by atoms with Crippen LogP contribution in [0.2, 0.25) is 5.15 Å². The Hall–Kier alpha value is -1.66. The average Bonchev–Trinajstić information content (AvgIpc) is 2.40.